The normalized spacial score (nSPS) is 17.8. The Balaban J connectivity index is 1.86. The molecule has 6 nitrogen and oxygen atoms in total. The van der Waals surface area contributed by atoms with Crippen LogP contribution in [0.5, 0.6) is 0 Å². The highest BCUT2D eigenvalue weighted by molar-refractivity contribution is 7.99. The monoisotopic (exact) mass is 402 g/mol. The van der Waals surface area contributed by atoms with Gasteiger partial charge in [-0.2, -0.15) is 11.8 Å². The zero-order valence-corrected chi connectivity index (χ0v) is 17.1. The summed E-state index contributed by atoms with van der Waals surface area (Å²) in [5.74, 6) is 1.96. The number of hydrogen-bond acceptors (Lipinski definition) is 4. The summed E-state index contributed by atoms with van der Waals surface area (Å²) in [6, 6.07) is 4.94. The maximum Gasteiger partial charge on any atom is 0.215 e. The topological polar surface area (TPSA) is 73.8 Å². The van der Waals surface area contributed by atoms with E-state index < -0.39 is 10.0 Å². The maximum atomic E-state index is 13.7. The number of aliphatic imine (C=N–C) groups is 1. The number of nitrogens with one attached hydrogen (secondary N) is 2. The van der Waals surface area contributed by atoms with Gasteiger partial charge in [-0.3, -0.25) is 4.99 Å². The highest BCUT2D eigenvalue weighted by Crippen LogP contribution is 2.16. The lowest BCUT2D eigenvalue weighted by Crippen LogP contribution is -2.44. The number of sulfonamides is 1. The Morgan fingerprint density at radius 2 is 2.08 bits per heavy atom. The largest absolute Gasteiger partial charge is 0.355 e. The molecule has 26 heavy (non-hydrogen) atoms. The molecule has 146 valence electrons. The molecule has 1 aliphatic heterocycles. The van der Waals surface area contributed by atoms with Crippen LogP contribution in [0.25, 0.3) is 0 Å². The number of nitrogens with zero attached hydrogens (tertiary/aromatic N) is 2. The van der Waals surface area contributed by atoms with Crippen molar-refractivity contribution in [2.45, 2.75) is 19.9 Å². The predicted molar refractivity (Wildman–Crippen MR) is 107 cm³/mol. The van der Waals surface area contributed by atoms with Gasteiger partial charge in [0, 0.05) is 38.2 Å². The molecule has 1 atom stereocenters. The van der Waals surface area contributed by atoms with Gasteiger partial charge in [0.25, 0.3) is 0 Å². The molecule has 1 saturated heterocycles. The fraction of sp³-hybridized carbons (Fsp3) is 0.588. The molecule has 0 aromatic heterocycles. The number of guanidine groups is 1. The Morgan fingerprint density at radius 1 is 1.38 bits per heavy atom. The standard InChI is InChI=1S/C17H27FN4O2S2/c1-13-4-5-15(12-16(13)18)14(2)21-17(19-3)20-6-11-26(23,24)22-7-9-25-10-8-22/h4-5,12,14H,6-11H2,1-3H3,(H2,19,20,21). The van der Waals surface area contributed by atoms with Gasteiger partial charge in [0.2, 0.25) is 10.0 Å². The lowest BCUT2D eigenvalue weighted by Gasteiger charge is -2.26. The van der Waals surface area contributed by atoms with Crippen LogP contribution in [0.3, 0.4) is 0 Å². The van der Waals surface area contributed by atoms with Gasteiger partial charge in [0.05, 0.1) is 11.8 Å². The van der Waals surface area contributed by atoms with Gasteiger partial charge in [-0.1, -0.05) is 12.1 Å². The lowest BCUT2D eigenvalue weighted by atomic mass is 10.1. The van der Waals surface area contributed by atoms with E-state index in [9.17, 15) is 12.8 Å². The molecule has 1 aromatic rings. The van der Waals surface area contributed by atoms with Gasteiger partial charge < -0.3 is 10.6 Å². The summed E-state index contributed by atoms with van der Waals surface area (Å²) in [6.07, 6.45) is 0. The predicted octanol–water partition coefficient (Wildman–Crippen LogP) is 1.74. The van der Waals surface area contributed by atoms with Gasteiger partial charge in [-0.25, -0.2) is 17.1 Å². The molecule has 1 aromatic carbocycles. The van der Waals surface area contributed by atoms with Crippen LogP contribution < -0.4 is 10.6 Å². The van der Waals surface area contributed by atoms with Crippen LogP contribution in [-0.2, 0) is 10.0 Å². The third-order valence-electron chi connectivity index (χ3n) is 4.29. The van der Waals surface area contributed by atoms with Crippen molar-refractivity contribution in [1.82, 2.24) is 14.9 Å². The fourth-order valence-electron chi connectivity index (χ4n) is 2.61. The Morgan fingerprint density at radius 3 is 2.69 bits per heavy atom. The van der Waals surface area contributed by atoms with Crippen molar-refractivity contribution in [3.63, 3.8) is 0 Å². The molecular weight excluding hydrogens is 375 g/mol. The average Bonchev–Trinajstić information content (AvgIpc) is 2.63. The van der Waals surface area contributed by atoms with Crippen LogP contribution in [-0.4, -0.2) is 62.6 Å². The minimum Gasteiger partial charge on any atom is -0.355 e. The fourth-order valence-corrected chi connectivity index (χ4v) is 5.11. The molecule has 0 bridgehead atoms. The molecule has 0 spiro atoms. The summed E-state index contributed by atoms with van der Waals surface area (Å²) in [5.41, 5.74) is 1.40. The number of aryl methyl sites for hydroxylation is 1. The number of halogens is 1. The van der Waals surface area contributed by atoms with Crippen LogP contribution in [0.15, 0.2) is 23.2 Å². The first-order valence-electron chi connectivity index (χ1n) is 8.62. The average molecular weight is 403 g/mol. The molecule has 0 saturated carbocycles. The van der Waals surface area contributed by atoms with Crippen LogP contribution in [0.1, 0.15) is 24.1 Å². The van der Waals surface area contributed by atoms with Crippen molar-refractivity contribution in [2.75, 3.05) is 43.9 Å². The summed E-state index contributed by atoms with van der Waals surface area (Å²) in [4.78, 5) is 4.11. The van der Waals surface area contributed by atoms with Crippen molar-refractivity contribution in [2.24, 2.45) is 4.99 Å². The zero-order valence-electron chi connectivity index (χ0n) is 15.5. The molecule has 1 aliphatic rings. The third kappa shape index (κ3) is 5.85. The van der Waals surface area contributed by atoms with Crippen LogP contribution >= 0.6 is 11.8 Å². The highest BCUT2D eigenvalue weighted by Gasteiger charge is 2.23. The minimum absolute atomic E-state index is 0.0197. The second kappa shape index (κ2) is 9.57. The molecular formula is C17H27FN4O2S2. The summed E-state index contributed by atoms with van der Waals surface area (Å²) in [6.45, 7) is 5.05. The smallest absolute Gasteiger partial charge is 0.215 e. The number of thioether (sulfide) groups is 1. The molecule has 0 radical (unpaired) electrons. The van der Waals surface area contributed by atoms with E-state index in [1.807, 2.05) is 13.0 Å². The highest BCUT2D eigenvalue weighted by atomic mass is 32.2. The molecule has 1 fully saturated rings. The number of rotatable bonds is 6. The maximum absolute atomic E-state index is 13.7. The summed E-state index contributed by atoms with van der Waals surface area (Å²) in [5, 5.41) is 6.18. The summed E-state index contributed by atoms with van der Waals surface area (Å²) in [7, 11) is -1.63. The van der Waals surface area contributed by atoms with Crippen LogP contribution in [0, 0.1) is 12.7 Å². The number of benzene rings is 1. The Kier molecular flexibility index (Phi) is 7.72. The molecule has 0 amide bonds. The van der Waals surface area contributed by atoms with E-state index in [0.717, 1.165) is 17.1 Å². The molecule has 1 heterocycles. The van der Waals surface area contributed by atoms with E-state index in [-0.39, 0.29) is 24.2 Å². The van der Waals surface area contributed by atoms with Gasteiger partial charge in [-0.15, -0.1) is 0 Å². The van der Waals surface area contributed by atoms with E-state index in [2.05, 4.69) is 15.6 Å². The first-order valence-corrected chi connectivity index (χ1v) is 11.4. The first kappa shape index (κ1) is 21.0. The summed E-state index contributed by atoms with van der Waals surface area (Å²) < 4.78 is 40.0. The second-order valence-electron chi connectivity index (χ2n) is 6.20. The Labute approximate surface area is 159 Å². The molecule has 0 aliphatic carbocycles. The van der Waals surface area contributed by atoms with Crippen LogP contribution in [0.4, 0.5) is 4.39 Å². The van der Waals surface area contributed by atoms with E-state index >= 15 is 0 Å². The first-order chi connectivity index (χ1) is 12.3. The van der Waals surface area contributed by atoms with Crippen molar-refractivity contribution in [1.29, 1.82) is 0 Å². The third-order valence-corrected chi connectivity index (χ3v) is 7.10. The van der Waals surface area contributed by atoms with Crippen molar-refractivity contribution in [3.05, 3.63) is 35.1 Å². The Hall–Kier alpha value is -1.32. The van der Waals surface area contributed by atoms with Gasteiger partial charge in [-0.05, 0) is 31.0 Å². The van der Waals surface area contributed by atoms with Crippen molar-refractivity contribution >= 4 is 27.7 Å². The van der Waals surface area contributed by atoms with Crippen molar-refractivity contribution in [3.8, 4) is 0 Å². The molecule has 9 heteroatoms. The molecule has 1 unspecified atom stereocenters. The van der Waals surface area contributed by atoms with Crippen LogP contribution in [0.2, 0.25) is 0 Å². The van der Waals surface area contributed by atoms with E-state index in [1.54, 1.807) is 36.1 Å². The van der Waals surface area contributed by atoms with Gasteiger partial charge >= 0.3 is 0 Å². The lowest BCUT2D eigenvalue weighted by molar-refractivity contribution is 0.443. The zero-order chi connectivity index (χ0) is 19.2. The second-order valence-corrected chi connectivity index (χ2v) is 9.51. The number of hydrogen-bond donors (Lipinski definition) is 2. The van der Waals surface area contributed by atoms with E-state index in [0.29, 0.717) is 24.6 Å². The van der Waals surface area contributed by atoms with Crippen molar-refractivity contribution < 1.29 is 12.8 Å². The van der Waals surface area contributed by atoms with Gasteiger partial charge in [0.15, 0.2) is 5.96 Å². The minimum atomic E-state index is -3.25. The van der Waals surface area contributed by atoms with E-state index in [4.69, 9.17) is 0 Å². The SMILES string of the molecule is CN=C(NCCS(=O)(=O)N1CCSCC1)NC(C)c1ccc(C)c(F)c1. The molecule has 2 rings (SSSR count). The summed E-state index contributed by atoms with van der Waals surface area (Å²) >= 11 is 1.78. The molecule has 2 N–H and O–H groups in total. The van der Waals surface area contributed by atoms with E-state index in [1.165, 1.54) is 6.07 Å². The Bertz CT molecular complexity index is 734. The quantitative estimate of drug-likeness (QED) is 0.560. The van der Waals surface area contributed by atoms with Gasteiger partial charge in [0.1, 0.15) is 5.82 Å².